The first-order chi connectivity index (χ1) is 16.0. The molecule has 0 atom stereocenters. The van der Waals surface area contributed by atoms with Gasteiger partial charge in [0, 0.05) is 43.7 Å². The number of pyridine rings is 1. The second-order valence-corrected chi connectivity index (χ2v) is 8.85. The highest BCUT2D eigenvalue weighted by molar-refractivity contribution is 5.94. The molecule has 1 aliphatic rings. The first-order valence-corrected chi connectivity index (χ1v) is 11.4. The van der Waals surface area contributed by atoms with Gasteiger partial charge in [-0.25, -0.2) is 8.78 Å². The van der Waals surface area contributed by atoms with Crippen molar-refractivity contribution in [3.63, 3.8) is 0 Å². The molecule has 0 N–H and O–H groups in total. The second kappa shape index (κ2) is 10.7. The van der Waals surface area contributed by atoms with Crippen LogP contribution in [0.1, 0.15) is 39.9 Å². The number of likely N-dealkylation sites (tertiary alicyclic amines) is 1. The number of amides is 1. The van der Waals surface area contributed by atoms with Gasteiger partial charge in [0.05, 0.1) is 0 Å². The molecule has 2 aromatic carbocycles. The maximum Gasteiger partial charge on any atom is 0.254 e. The van der Waals surface area contributed by atoms with Gasteiger partial charge in [0.25, 0.3) is 5.91 Å². The van der Waals surface area contributed by atoms with Gasteiger partial charge >= 0.3 is 0 Å². The van der Waals surface area contributed by atoms with E-state index in [1.165, 1.54) is 11.1 Å². The second-order valence-electron chi connectivity index (χ2n) is 8.85. The van der Waals surface area contributed by atoms with Crippen molar-refractivity contribution < 1.29 is 13.6 Å². The van der Waals surface area contributed by atoms with Crippen LogP contribution in [0.3, 0.4) is 0 Å². The van der Waals surface area contributed by atoms with E-state index in [1.807, 2.05) is 12.1 Å². The lowest BCUT2D eigenvalue weighted by Gasteiger charge is -2.35. The zero-order chi connectivity index (χ0) is 23.2. The SMILES string of the molecule is Cc1ccccc1CN1CCC(CN(Cc2cccnc2)C(=O)c2cc(F)cc(F)c2)CC1. The van der Waals surface area contributed by atoms with Crippen molar-refractivity contribution in [2.75, 3.05) is 19.6 Å². The predicted octanol–water partition coefficient (Wildman–Crippen LogP) is 5.22. The number of aromatic nitrogens is 1. The third kappa shape index (κ3) is 6.23. The summed E-state index contributed by atoms with van der Waals surface area (Å²) >= 11 is 0. The molecule has 4 rings (SSSR count). The average molecular weight is 450 g/mol. The fourth-order valence-electron chi connectivity index (χ4n) is 4.46. The first-order valence-electron chi connectivity index (χ1n) is 11.4. The van der Waals surface area contributed by atoms with Gasteiger partial charge in [0.2, 0.25) is 0 Å². The topological polar surface area (TPSA) is 36.4 Å². The maximum absolute atomic E-state index is 13.8. The lowest BCUT2D eigenvalue weighted by Crippen LogP contribution is -2.40. The molecule has 4 nitrogen and oxygen atoms in total. The van der Waals surface area contributed by atoms with E-state index in [4.69, 9.17) is 0 Å². The molecule has 3 aromatic rings. The largest absolute Gasteiger partial charge is 0.334 e. The summed E-state index contributed by atoms with van der Waals surface area (Å²) in [4.78, 5) is 21.5. The van der Waals surface area contributed by atoms with Crippen LogP contribution in [0.4, 0.5) is 8.78 Å². The molecule has 0 saturated carbocycles. The summed E-state index contributed by atoms with van der Waals surface area (Å²) in [6, 6.07) is 15.2. The average Bonchev–Trinajstić information content (AvgIpc) is 2.81. The summed E-state index contributed by atoms with van der Waals surface area (Å²) in [6.07, 6.45) is 5.35. The van der Waals surface area contributed by atoms with Gasteiger partial charge in [0.1, 0.15) is 11.6 Å². The van der Waals surface area contributed by atoms with Gasteiger partial charge in [-0.2, -0.15) is 0 Å². The third-order valence-corrected chi connectivity index (χ3v) is 6.33. The molecule has 1 aliphatic heterocycles. The maximum atomic E-state index is 13.8. The molecule has 1 amide bonds. The summed E-state index contributed by atoms with van der Waals surface area (Å²) in [6.45, 7) is 5.89. The monoisotopic (exact) mass is 449 g/mol. The van der Waals surface area contributed by atoms with E-state index < -0.39 is 11.6 Å². The zero-order valence-electron chi connectivity index (χ0n) is 18.9. The highest BCUT2D eigenvalue weighted by Gasteiger charge is 2.25. The lowest BCUT2D eigenvalue weighted by molar-refractivity contribution is 0.0670. The van der Waals surface area contributed by atoms with Gasteiger partial charge in [-0.1, -0.05) is 30.3 Å². The highest BCUT2D eigenvalue weighted by atomic mass is 19.1. The van der Waals surface area contributed by atoms with Gasteiger partial charge < -0.3 is 4.90 Å². The Labute approximate surface area is 193 Å². The minimum absolute atomic E-state index is 0.0355. The number of nitrogens with zero attached hydrogens (tertiary/aromatic N) is 3. The van der Waals surface area contributed by atoms with Crippen LogP contribution in [0, 0.1) is 24.5 Å². The number of piperidine rings is 1. The number of rotatable bonds is 7. The number of hydrogen-bond donors (Lipinski definition) is 0. The summed E-state index contributed by atoms with van der Waals surface area (Å²) < 4.78 is 27.5. The number of aryl methyl sites for hydroxylation is 1. The Morgan fingerprint density at radius 3 is 2.45 bits per heavy atom. The van der Waals surface area contributed by atoms with Crippen molar-refractivity contribution in [2.24, 2.45) is 5.92 Å². The predicted molar refractivity (Wildman–Crippen MR) is 125 cm³/mol. The third-order valence-electron chi connectivity index (χ3n) is 6.33. The van der Waals surface area contributed by atoms with E-state index in [-0.39, 0.29) is 11.5 Å². The van der Waals surface area contributed by atoms with E-state index in [2.05, 4.69) is 41.1 Å². The molecule has 0 bridgehead atoms. The standard InChI is InChI=1S/C27H29F2N3O/c1-20-5-2-3-7-23(20)19-31-11-8-21(9-12-31)17-32(18-22-6-4-10-30-16-22)27(33)24-13-25(28)15-26(29)14-24/h2-7,10,13-16,21H,8-9,11-12,17-19H2,1H3. The molecule has 1 fully saturated rings. The Bertz CT molecular complexity index is 1060. The van der Waals surface area contributed by atoms with Gasteiger partial charge in [0.15, 0.2) is 0 Å². The van der Waals surface area contributed by atoms with Gasteiger partial charge in [-0.05, 0) is 73.7 Å². The van der Waals surface area contributed by atoms with Crippen molar-refractivity contribution in [2.45, 2.75) is 32.9 Å². The Morgan fingerprint density at radius 2 is 1.79 bits per heavy atom. The first kappa shape index (κ1) is 23.1. The Balaban J connectivity index is 1.43. The van der Waals surface area contributed by atoms with Gasteiger partial charge in [-0.15, -0.1) is 0 Å². The van der Waals surface area contributed by atoms with Crippen LogP contribution in [-0.4, -0.2) is 40.3 Å². The zero-order valence-corrected chi connectivity index (χ0v) is 18.9. The van der Waals surface area contributed by atoms with E-state index in [0.29, 0.717) is 19.0 Å². The minimum atomic E-state index is -0.746. The normalized spacial score (nSPS) is 14.9. The van der Waals surface area contributed by atoms with Crippen LogP contribution < -0.4 is 0 Å². The molecule has 0 unspecified atom stereocenters. The van der Waals surface area contributed by atoms with Gasteiger partial charge in [-0.3, -0.25) is 14.7 Å². The van der Waals surface area contributed by atoms with Crippen LogP contribution in [-0.2, 0) is 13.1 Å². The Kier molecular flexibility index (Phi) is 7.45. The molecule has 33 heavy (non-hydrogen) atoms. The molecule has 0 aliphatic carbocycles. The summed E-state index contributed by atoms with van der Waals surface area (Å²) in [7, 11) is 0. The van der Waals surface area contributed by atoms with E-state index in [0.717, 1.165) is 56.2 Å². The molecule has 172 valence electrons. The van der Waals surface area contributed by atoms with E-state index >= 15 is 0 Å². The number of carbonyl (C=O) groups is 1. The molecule has 1 saturated heterocycles. The fourth-order valence-corrected chi connectivity index (χ4v) is 4.46. The van der Waals surface area contributed by atoms with Crippen LogP contribution in [0.25, 0.3) is 0 Å². The van der Waals surface area contributed by atoms with Crippen LogP contribution in [0.2, 0.25) is 0 Å². The lowest BCUT2D eigenvalue weighted by atomic mass is 9.95. The van der Waals surface area contributed by atoms with Crippen molar-refractivity contribution in [1.29, 1.82) is 0 Å². The van der Waals surface area contributed by atoms with Crippen LogP contribution >= 0.6 is 0 Å². The molecule has 6 heteroatoms. The summed E-state index contributed by atoms with van der Waals surface area (Å²) in [5, 5.41) is 0. The molecule has 1 aromatic heterocycles. The quantitative estimate of drug-likeness (QED) is 0.496. The number of hydrogen-bond acceptors (Lipinski definition) is 3. The van der Waals surface area contributed by atoms with Crippen molar-refractivity contribution >= 4 is 5.91 Å². The van der Waals surface area contributed by atoms with Crippen LogP contribution in [0.15, 0.2) is 67.0 Å². The van der Waals surface area contributed by atoms with E-state index in [9.17, 15) is 13.6 Å². The summed E-state index contributed by atoms with van der Waals surface area (Å²) in [5.74, 6) is -1.52. The fraction of sp³-hybridized carbons (Fsp3) is 0.333. The molecule has 2 heterocycles. The Morgan fingerprint density at radius 1 is 1.06 bits per heavy atom. The minimum Gasteiger partial charge on any atom is -0.334 e. The van der Waals surface area contributed by atoms with Crippen molar-refractivity contribution in [3.05, 3.63) is 101 Å². The van der Waals surface area contributed by atoms with Crippen LogP contribution in [0.5, 0.6) is 0 Å². The van der Waals surface area contributed by atoms with Crippen molar-refractivity contribution in [3.8, 4) is 0 Å². The van der Waals surface area contributed by atoms with Crippen molar-refractivity contribution in [1.82, 2.24) is 14.8 Å². The molecular formula is C27H29F2N3O. The molecule has 0 spiro atoms. The number of carbonyl (C=O) groups excluding carboxylic acids is 1. The smallest absolute Gasteiger partial charge is 0.254 e. The molecule has 0 radical (unpaired) electrons. The Hall–Kier alpha value is -3.12. The highest BCUT2D eigenvalue weighted by Crippen LogP contribution is 2.23. The number of halogens is 2. The number of benzene rings is 2. The molecular weight excluding hydrogens is 420 g/mol. The summed E-state index contributed by atoms with van der Waals surface area (Å²) in [5.41, 5.74) is 3.57. The van der Waals surface area contributed by atoms with E-state index in [1.54, 1.807) is 17.3 Å².